The number of ether oxygens (including phenoxy) is 3. The van der Waals surface area contributed by atoms with Gasteiger partial charge in [0, 0.05) is 35.6 Å². The Morgan fingerprint density at radius 3 is 2.61 bits per heavy atom. The molecule has 2 heterocycles. The smallest absolute Gasteiger partial charge is 0.337 e. The second kappa shape index (κ2) is 12.2. The Hall–Kier alpha value is -4.69. The minimum absolute atomic E-state index is 0.106. The Morgan fingerprint density at radius 2 is 1.95 bits per heavy atom. The van der Waals surface area contributed by atoms with Crippen LogP contribution in [0.25, 0.3) is 11.1 Å². The number of methoxy groups -OCH3 is 2. The summed E-state index contributed by atoms with van der Waals surface area (Å²) in [4.78, 5) is 28.6. The fraction of sp³-hybridized carbons (Fsp3) is 0.200. The van der Waals surface area contributed by atoms with Crippen LogP contribution in [0.3, 0.4) is 0 Å². The van der Waals surface area contributed by atoms with Gasteiger partial charge in [0.05, 0.1) is 19.8 Å². The van der Waals surface area contributed by atoms with Gasteiger partial charge < -0.3 is 19.5 Å². The van der Waals surface area contributed by atoms with Crippen molar-refractivity contribution >= 4 is 35.1 Å². The highest BCUT2D eigenvalue weighted by Crippen LogP contribution is 2.42. The first-order valence-corrected chi connectivity index (χ1v) is 13.7. The maximum absolute atomic E-state index is 15.2. The molecule has 0 radical (unpaired) electrons. The number of fused-ring (bicyclic) bond motifs is 1. The van der Waals surface area contributed by atoms with Gasteiger partial charge >= 0.3 is 5.97 Å². The van der Waals surface area contributed by atoms with Crippen LogP contribution in [0.2, 0.25) is 6.32 Å². The summed E-state index contributed by atoms with van der Waals surface area (Å²) in [5.74, 6) is 1.86. The normalized spacial score (nSPS) is 14.0. The molecule has 0 aliphatic carbocycles. The highest BCUT2D eigenvalue weighted by Gasteiger charge is 2.36. The number of amides is 1. The minimum atomic E-state index is -0.508. The van der Waals surface area contributed by atoms with Gasteiger partial charge in [-0.3, -0.25) is 4.79 Å². The van der Waals surface area contributed by atoms with Gasteiger partial charge in [-0.1, -0.05) is 18.5 Å². The maximum atomic E-state index is 15.2. The van der Waals surface area contributed by atoms with Crippen molar-refractivity contribution in [3.05, 3.63) is 88.7 Å². The summed E-state index contributed by atoms with van der Waals surface area (Å²) >= 11 is 1.32. The third-order valence-corrected chi connectivity index (χ3v) is 7.76. The monoisotopic (exact) mass is 569 g/mol. The summed E-state index contributed by atoms with van der Waals surface area (Å²) in [6.45, 7) is -0.354. The number of hydrogen-bond donors (Lipinski definition) is 1. The molecule has 0 saturated carbocycles. The van der Waals surface area contributed by atoms with Gasteiger partial charge in [0.2, 0.25) is 5.91 Å². The quantitative estimate of drug-likeness (QED) is 0.196. The van der Waals surface area contributed by atoms with E-state index in [-0.39, 0.29) is 30.6 Å². The molecule has 5 rings (SSSR count). The van der Waals surface area contributed by atoms with Crippen molar-refractivity contribution in [2.45, 2.75) is 25.0 Å². The molecule has 4 aromatic rings. The standard InChI is InChI=1S/C30H25BFN3O5S/c1-38-26-13-20-9-10-31(17-33)24(16-28(36)35-30-34-11-12-41-30)23(20)15-27(26)40-21-7-8-22(25(32)14-21)18-3-5-19(6-4-18)29(37)39-2/h3-8,11-15,24H,9-10,16H2,1-2H3,(H,34,35,36). The van der Waals surface area contributed by atoms with Crippen LogP contribution in [-0.4, -0.2) is 37.8 Å². The van der Waals surface area contributed by atoms with Crippen molar-refractivity contribution in [3.63, 3.8) is 0 Å². The van der Waals surface area contributed by atoms with Crippen molar-refractivity contribution < 1.29 is 28.2 Å². The topological polar surface area (TPSA) is 111 Å². The van der Waals surface area contributed by atoms with Crippen LogP contribution in [0.5, 0.6) is 17.2 Å². The highest BCUT2D eigenvalue weighted by atomic mass is 32.1. The van der Waals surface area contributed by atoms with E-state index >= 15 is 4.39 Å². The van der Waals surface area contributed by atoms with E-state index in [4.69, 9.17) is 14.2 Å². The molecule has 1 aliphatic heterocycles. The average Bonchev–Trinajstić information content (AvgIpc) is 3.50. The van der Waals surface area contributed by atoms with Gasteiger partial charge in [-0.15, -0.1) is 11.3 Å². The second-order valence-corrected chi connectivity index (χ2v) is 10.4. The lowest BCUT2D eigenvalue weighted by Crippen LogP contribution is -2.31. The number of aryl methyl sites for hydroxylation is 1. The molecule has 8 nitrogen and oxygen atoms in total. The maximum Gasteiger partial charge on any atom is 0.337 e. The lowest BCUT2D eigenvalue weighted by atomic mass is 9.35. The number of hydrogen-bond acceptors (Lipinski definition) is 8. The Balaban J connectivity index is 1.41. The Morgan fingerprint density at radius 1 is 1.15 bits per heavy atom. The SMILES string of the molecule is COC(=O)c1ccc(-c2ccc(Oc3cc4c(cc3OC)CCB(C#N)C4CC(=O)Nc3nccs3)cc2F)cc1. The number of benzene rings is 3. The zero-order valence-electron chi connectivity index (χ0n) is 22.3. The third-order valence-electron chi connectivity index (χ3n) is 7.07. The van der Waals surface area contributed by atoms with E-state index in [9.17, 15) is 14.9 Å². The van der Waals surface area contributed by atoms with Gasteiger partial charge in [-0.2, -0.15) is 0 Å². The first kappa shape index (κ1) is 27.9. The number of halogens is 1. The van der Waals surface area contributed by atoms with E-state index in [0.29, 0.717) is 46.1 Å². The molecular weight excluding hydrogens is 544 g/mol. The van der Waals surface area contributed by atoms with Crippen LogP contribution in [0.1, 0.15) is 33.7 Å². The first-order chi connectivity index (χ1) is 19.9. The van der Waals surface area contributed by atoms with E-state index in [1.165, 1.54) is 31.6 Å². The van der Waals surface area contributed by atoms with E-state index in [2.05, 4.69) is 16.3 Å². The molecule has 1 N–H and O–H groups in total. The van der Waals surface area contributed by atoms with Crippen LogP contribution in [0.15, 0.2) is 66.2 Å². The lowest BCUT2D eigenvalue weighted by Gasteiger charge is -2.28. The van der Waals surface area contributed by atoms with Crippen LogP contribution in [-0.2, 0) is 16.0 Å². The molecule has 1 amide bonds. The minimum Gasteiger partial charge on any atom is -0.493 e. The molecule has 41 heavy (non-hydrogen) atoms. The van der Waals surface area contributed by atoms with Crippen LogP contribution < -0.4 is 14.8 Å². The molecule has 1 unspecified atom stereocenters. The predicted molar refractivity (Wildman–Crippen MR) is 154 cm³/mol. The number of nitrogens with one attached hydrogen (secondary N) is 1. The van der Waals surface area contributed by atoms with Gasteiger partial charge in [0.1, 0.15) is 11.6 Å². The van der Waals surface area contributed by atoms with Gasteiger partial charge in [0.15, 0.2) is 16.6 Å². The fourth-order valence-electron chi connectivity index (χ4n) is 5.03. The Labute approximate surface area is 240 Å². The number of rotatable bonds is 8. The number of nitriles is 1. The van der Waals surface area contributed by atoms with Crippen molar-refractivity contribution in [2.75, 3.05) is 19.5 Å². The molecule has 3 aromatic carbocycles. The lowest BCUT2D eigenvalue weighted by molar-refractivity contribution is -0.116. The van der Waals surface area contributed by atoms with Crippen LogP contribution in [0.4, 0.5) is 9.52 Å². The highest BCUT2D eigenvalue weighted by molar-refractivity contribution is 7.13. The number of carbonyl (C=O) groups is 2. The number of nitrogens with zero attached hydrogens (tertiary/aromatic N) is 2. The van der Waals surface area contributed by atoms with Crippen molar-refractivity contribution in [1.29, 1.82) is 5.26 Å². The van der Waals surface area contributed by atoms with Crippen molar-refractivity contribution in [3.8, 4) is 34.3 Å². The average molecular weight is 569 g/mol. The molecule has 0 fully saturated rings. The van der Waals surface area contributed by atoms with Crippen LogP contribution in [0, 0.1) is 17.0 Å². The second-order valence-electron chi connectivity index (χ2n) is 9.48. The third kappa shape index (κ3) is 6.08. The molecule has 11 heteroatoms. The molecule has 1 atom stereocenters. The summed E-state index contributed by atoms with van der Waals surface area (Å²) in [6.07, 6.45) is 3.00. The van der Waals surface area contributed by atoms with Gasteiger partial charge in [-0.25, -0.2) is 19.4 Å². The largest absolute Gasteiger partial charge is 0.493 e. The molecular formula is C30H25BFN3O5S. The fourth-order valence-corrected chi connectivity index (χ4v) is 5.58. The van der Waals surface area contributed by atoms with Crippen molar-refractivity contribution in [2.24, 2.45) is 0 Å². The van der Waals surface area contributed by atoms with E-state index in [1.807, 2.05) is 6.07 Å². The number of carbonyl (C=O) groups excluding carboxylic acids is 2. The molecule has 0 saturated heterocycles. The zero-order valence-corrected chi connectivity index (χ0v) is 23.2. The van der Waals surface area contributed by atoms with Gasteiger partial charge in [-0.05, 0) is 65.3 Å². The summed E-state index contributed by atoms with van der Waals surface area (Å²) in [5, 5.41) is 14.9. The van der Waals surface area contributed by atoms with Crippen LogP contribution >= 0.6 is 11.3 Å². The molecule has 0 bridgehead atoms. The summed E-state index contributed by atoms with van der Waals surface area (Å²) < 4.78 is 31.6. The van der Waals surface area contributed by atoms with Crippen molar-refractivity contribution in [1.82, 2.24) is 4.98 Å². The first-order valence-electron chi connectivity index (χ1n) is 12.9. The summed E-state index contributed by atoms with van der Waals surface area (Å²) in [5.41, 5.74) is 3.11. The molecule has 1 aliphatic rings. The summed E-state index contributed by atoms with van der Waals surface area (Å²) in [7, 11) is 2.82. The number of thiazole rings is 1. The summed E-state index contributed by atoms with van der Waals surface area (Å²) in [6, 6.07) is 14.6. The molecule has 206 valence electrons. The number of esters is 1. The van der Waals surface area contributed by atoms with E-state index in [0.717, 1.165) is 11.1 Å². The van der Waals surface area contributed by atoms with E-state index in [1.54, 1.807) is 54.0 Å². The zero-order chi connectivity index (χ0) is 28.9. The Kier molecular flexibility index (Phi) is 8.31. The number of aromatic nitrogens is 1. The van der Waals surface area contributed by atoms with E-state index < -0.39 is 11.8 Å². The molecule has 0 spiro atoms. The Bertz CT molecular complexity index is 1620. The number of anilines is 1. The van der Waals surface area contributed by atoms with Gasteiger partial charge in [0.25, 0.3) is 6.71 Å². The predicted octanol–water partition coefficient (Wildman–Crippen LogP) is 6.30. The molecule has 1 aromatic heterocycles.